The number of para-hydroxylation sites is 1. The smallest absolute Gasteiger partial charge is 0.0914 e. The Morgan fingerprint density at radius 1 is 0.826 bits per heavy atom. The number of rotatable bonds is 2. The molecular weight excluding hydrogens is 290 g/mol. The molecule has 5 nitrogen and oxygen atoms in total. The van der Waals surface area contributed by atoms with E-state index in [4.69, 9.17) is 4.98 Å². The predicted octanol–water partition coefficient (Wildman–Crippen LogP) is 2.25. The molecule has 1 fully saturated rings. The zero-order valence-electron chi connectivity index (χ0n) is 12.9. The second-order valence-electron chi connectivity index (χ2n) is 5.45. The molecule has 0 amide bonds. The van der Waals surface area contributed by atoms with Crippen LogP contribution < -0.4 is 4.90 Å². The first-order valence-corrected chi connectivity index (χ1v) is 7.48. The minimum Gasteiger partial charge on any atom is -0.412 e. The number of fused-ring (bicyclic) bond motifs is 1. The molecule has 3 heterocycles. The lowest BCUT2D eigenvalue weighted by Gasteiger charge is -2.20. The summed E-state index contributed by atoms with van der Waals surface area (Å²) in [5.41, 5.74) is 4.22. The maximum Gasteiger partial charge on any atom is 0.0914 e. The summed E-state index contributed by atoms with van der Waals surface area (Å²) in [6, 6.07) is 16.5. The van der Waals surface area contributed by atoms with Crippen molar-refractivity contribution in [2.24, 2.45) is 0 Å². The van der Waals surface area contributed by atoms with E-state index >= 15 is 0 Å². The molecule has 120 valence electrons. The summed E-state index contributed by atoms with van der Waals surface area (Å²) in [7, 11) is 0. The lowest BCUT2D eigenvalue weighted by atomic mass is 10.1. The Labute approximate surface area is 135 Å². The van der Waals surface area contributed by atoms with E-state index in [9.17, 15) is 0 Å². The van der Waals surface area contributed by atoms with Gasteiger partial charge in [-0.2, -0.15) is 0 Å². The number of hydrogen-bond acceptors (Lipinski definition) is 3. The quantitative estimate of drug-likeness (QED) is 0.726. The minimum absolute atomic E-state index is 0. The van der Waals surface area contributed by atoms with Crippen LogP contribution in [0.1, 0.15) is 12.8 Å². The molecule has 0 atom stereocenters. The van der Waals surface area contributed by atoms with Crippen molar-refractivity contribution in [3.63, 3.8) is 0 Å². The van der Waals surface area contributed by atoms with Crippen LogP contribution >= 0.6 is 0 Å². The second-order valence-corrected chi connectivity index (χ2v) is 5.45. The van der Waals surface area contributed by atoms with Crippen LogP contribution in [0.25, 0.3) is 22.3 Å². The zero-order valence-corrected chi connectivity index (χ0v) is 12.9. The maximum atomic E-state index is 4.79. The van der Waals surface area contributed by atoms with Crippen molar-refractivity contribution in [2.45, 2.75) is 12.8 Å². The van der Waals surface area contributed by atoms with E-state index in [-0.39, 0.29) is 11.0 Å². The van der Waals surface area contributed by atoms with Gasteiger partial charge in [-0.3, -0.25) is 4.98 Å². The molecule has 1 saturated heterocycles. The molecule has 1 aliphatic heterocycles. The highest BCUT2D eigenvalue weighted by atomic mass is 16.0. The van der Waals surface area contributed by atoms with Gasteiger partial charge in [0.15, 0.2) is 0 Å². The number of pyridine rings is 2. The average molecular weight is 311 g/mol. The molecule has 0 spiro atoms. The van der Waals surface area contributed by atoms with Gasteiger partial charge >= 0.3 is 0 Å². The van der Waals surface area contributed by atoms with E-state index in [1.54, 1.807) is 0 Å². The molecule has 5 heteroatoms. The first-order chi connectivity index (χ1) is 10.4. The van der Waals surface area contributed by atoms with E-state index in [1.165, 1.54) is 23.9 Å². The standard InChI is InChI=1S/C18H17N3.2H2O/c1-2-8-15-14(7-1)18(21-11-5-6-12-21)13-17(20-15)16-9-3-4-10-19-16;;/h1-4,7-10,13H,5-6,11-12H2;2*1H2. The number of hydrogen-bond donors (Lipinski definition) is 0. The number of benzene rings is 1. The molecule has 0 aliphatic carbocycles. The van der Waals surface area contributed by atoms with Gasteiger partial charge in [0.2, 0.25) is 0 Å². The van der Waals surface area contributed by atoms with Crippen molar-refractivity contribution in [3.8, 4) is 11.4 Å². The summed E-state index contributed by atoms with van der Waals surface area (Å²) in [6.07, 6.45) is 4.37. The molecular formula is C18H21N3O2. The van der Waals surface area contributed by atoms with Gasteiger partial charge in [-0.25, -0.2) is 4.98 Å². The van der Waals surface area contributed by atoms with Crippen molar-refractivity contribution in [3.05, 3.63) is 54.7 Å². The lowest BCUT2D eigenvalue weighted by molar-refractivity contribution is 0.823. The molecule has 0 saturated carbocycles. The van der Waals surface area contributed by atoms with E-state index < -0.39 is 0 Å². The van der Waals surface area contributed by atoms with Crippen LogP contribution in [0.3, 0.4) is 0 Å². The SMILES string of the molecule is O.O.c1ccc(-c2cc(N3CCCC3)c3ccccc3n2)nc1. The molecule has 1 aliphatic rings. The molecule has 0 unspecified atom stereocenters. The first kappa shape index (κ1) is 16.9. The van der Waals surface area contributed by atoms with Crippen LogP contribution in [-0.2, 0) is 0 Å². The van der Waals surface area contributed by atoms with Gasteiger partial charge in [-0.1, -0.05) is 24.3 Å². The van der Waals surface area contributed by atoms with Gasteiger partial charge in [0.05, 0.1) is 16.9 Å². The van der Waals surface area contributed by atoms with Gasteiger partial charge in [0, 0.05) is 30.4 Å². The number of anilines is 1. The second kappa shape index (κ2) is 7.17. The molecule has 4 N–H and O–H groups in total. The van der Waals surface area contributed by atoms with Crippen LogP contribution in [-0.4, -0.2) is 34.0 Å². The lowest BCUT2D eigenvalue weighted by Crippen LogP contribution is -2.18. The Kier molecular flexibility index (Phi) is 5.26. The predicted molar refractivity (Wildman–Crippen MR) is 93.6 cm³/mol. The Morgan fingerprint density at radius 3 is 2.30 bits per heavy atom. The molecule has 0 bridgehead atoms. The number of aromatic nitrogens is 2. The minimum atomic E-state index is 0. The normalized spacial score (nSPS) is 13.5. The molecule has 23 heavy (non-hydrogen) atoms. The fourth-order valence-electron chi connectivity index (χ4n) is 3.02. The molecule has 1 aromatic carbocycles. The molecule has 0 radical (unpaired) electrons. The van der Waals surface area contributed by atoms with Crippen LogP contribution in [0.15, 0.2) is 54.7 Å². The molecule has 3 aromatic rings. The monoisotopic (exact) mass is 311 g/mol. The van der Waals surface area contributed by atoms with E-state index in [0.29, 0.717) is 0 Å². The van der Waals surface area contributed by atoms with Crippen molar-refractivity contribution >= 4 is 16.6 Å². The summed E-state index contributed by atoms with van der Waals surface area (Å²) in [5, 5.41) is 1.24. The van der Waals surface area contributed by atoms with Crippen molar-refractivity contribution in [2.75, 3.05) is 18.0 Å². The summed E-state index contributed by atoms with van der Waals surface area (Å²) in [6.45, 7) is 2.27. The van der Waals surface area contributed by atoms with Crippen molar-refractivity contribution < 1.29 is 11.0 Å². The third kappa shape index (κ3) is 3.16. The average Bonchev–Trinajstić information content (AvgIpc) is 3.09. The van der Waals surface area contributed by atoms with Crippen molar-refractivity contribution in [1.82, 2.24) is 9.97 Å². The third-order valence-corrected chi connectivity index (χ3v) is 4.07. The van der Waals surface area contributed by atoms with Crippen LogP contribution in [0.5, 0.6) is 0 Å². The van der Waals surface area contributed by atoms with Gasteiger partial charge in [0.25, 0.3) is 0 Å². The highest BCUT2D eigenvalue weighted by Gasteiger charge is 2.17. The first-order valence-electron chi connectivity index (χ1n) is 7.48. The Morgan fingerprint density at radius 2 is 1.57 bits per heavy atom. The van der Waals surface area contributed by atoms with Crippen LogP contribution in [0.2, 0.25) is 0 Å². The Hall–Kier alpha value is -2.50. The van der Waals surface area contributed by atoms with Gasteiger partial charge < -0.3 is 15.9 Å². The Balaban J connectivity index is 0.000000960. The zero-order chi connectivity index (χ0) is 14.1. The van der Waals surface area contributed by atoms with E-state index in [1.807, 2.05) is 30.5 Å². The summed E-state index contributed by atoms with van der Waals surface area (Å²) >= 11 is 0. The van der Waals surface area contributed by atoms with E-state index in [2.05, 4.69) is 34.1 Å². The summed E-state index contributed by atoms with van der Waals surface area (Å²) in [5.74, 6) is 0. The highest BCUT2D eigenvalue weighted by Crippen LogP contribution is 2.32. The van der Waals surface area contributed by atoms with E-state index in [0.717, 1.165) is 30.0 Å². The largest absolute Gasteiger partial charge is 0.412 e. The third-order valence-electron chi connectivity index (χ3n) is 4.07. The molecule has 4 rings (SSSR count). The van der Waals surface area contributed by atoms with Gasteiger partial charge in [0.1, 0.15) is 0 Å². The maximum absolute atomic E-state index is 4.79. The van der Waals surface area contributed by atoms with Crippen LogP contribution in [0.4, 0.5) is 5.69 Å². The van der Waals surface area contributed by atoms with Gasteiger partial charge in [-0.05, 0) is 37.1 Å². The molecule has 2 aromatic heterocycles. The topological polar surface area (TPSA) is 92.0 Å². The van der Waals surface area contributed by atoms with Crippen LogP contribution in [0, 0.1) is 0 Å². The van der Waals surface area contributed by atoms with Crippen molar-refractivity contribution in [1.29, 1.82) is 0 Å². The highest BCUT2D eigenvalue weighted by molar-refractivity contribution is 5.94. The Bertz CT molecular complexity index is 772. The summed E-state index contributed by atoms with van der Waals surface area (Å²) < 4.78 is 0. The number of nitrogens with zero attached hydrogens (tertiary/aromatic N) is 3. The fourth-order valence-corrected chi connectivity index (χ4v) is 3.02. The van der Waals surface area contributed by atoms with Gasteiger partial charge in [-0.15, -0.1) is 0 Å². The fraction of sp³-hybridized carbons (Fsp3) is 0.222. The summed E-state index contributed by atoms with van der Waals surface area (Å²) in [4.78, 5) is 11.7.